The molecule has 0 aromatic heterocycles. The van der Waals surface area contributed by atoms with E-state index in [2.05, 4.69) is 0 Å². The lowest BCUT2D eigenvalue weighted by atomic mass is 9.97. The molecular formula is C13H16F3NO. The number of benzene rings is 1. The maximum absolute atomic E-state index is 12.6. The van der Waals surface area contributed by atoms with Crippen molar-refractivity contribution in [3.05, 3.63) is 29.8 Å². The third-order valence-electron chi connectivity index (χ3n) is 3.31. The second kappa shape index (κ2) is 5.18. The summed E-state index contributed by atoms with van der Waals surface area (Å²) in [4.78, 5) is 1.83. The Hall–Kier alpha value is -1.23. The Morgan fingerprint density at radius 2 is 1.89 bits per heavy atom. The fourth-order valence-corrected chi connectivity index (χ4v) is 2.33. The molecule has 1 unspecified atom stereocenters. The summed E-state index contributed by atoms with van der Waals surface area (Å²) in [5.74, 6) is -1.03. The van der Waals surface area contributed by atoms with Crippen LogP contribution < -0.4 is 0 Å². The van der Waals surface area contributed by atoms with Gasteiger partial charge < -0.3 is 5.11 Å². The average Bonchev–Trinajstić information content (AvgIpc) is 2.31. The summed E-state index contributed by atoms with van der Waals surface area (Å²) in [6, 6.07) is 6.60. The molecule has 0 spiro atoms. The zero-order valence-corrected chi connectivity index (χ0v) is 9.95. The van der Waals surface area contributed by atoms with Gasteiger partial charge in [0.05, 0.1) is 5.92 Å². The molecule has 1 aromatic carbocycles. The van der Waals surface area contributed by atoms with E-state index in [9.17, 15) is 13.2 Å². The van der Waals surface area contributed by atoms with Gasteiger partial charge in [0.1, 0.15) is 5.75 Å². The minimum Gasteiger partial charge on any atom is -0.508 e. The minimum atomic E-state index is -4.09. The van der Waals surface area contributed by atoms with Gasteiger partial charge in [-0.05, 0) is 37.1 Å². The molecule has 2 rings (SSSR count). The van der Waals surface area contributed by atoms with Gasteiger partial charge in [-0.1, -0.05) is 12.1 Å². The zero-order valence-electron chi connectivity index (χ0n) is 9.95. The van der Waals surface area contributed by atoms with Crippen LogP contribution >= 0.6 is 0 Å². The first-order valence-electron chi connectivity index (χ1n) is 6.02. The monoisotopic (exact) mass is 259 g/mol. The summed E-state index contributed by atoms with van der Waals surface area (Å²) >= 11 is 0. The first kappa shape index (κ1) is 13.2. The maximum Gasteiger partial charge on any atom is 0.393 e. The van der Waals surface area contributed by atoms with Crippen molar-refractivity contribution < 1.29 is 18.3 Å². The first-order valence-corrected chi connectivity index (χ1v) is 6.02. The largest absolute Gasteiger partial charge is 0.508 e. The van der Waals surface area contributed by atoms with Gasteiger partial charge in [0.15, 0.2) is 0 Å². The number of halogens is 3. The van der Waals surface area contributed by atoms with Crippen LogP contribution in [0.5, 0.6) is 5.75 Å². The normalized spacial score (nSPS) is 22.1. The van der Waals surface area contributed by atoms with Crippen molar-refractivity contribution >= 4 is 0 Å². The van der Waals surface area contributed by atoms with Gasteiger partial charge in [-0.15, -0.1) is 0 Å². The Morgan fingerprint density at radius 1 is 1.22 bits per heavy atom. The van der Waals surface area contributed by atoms with Crippen molar-refractivity contribution in [1.29, 1.82) is 0 Å². The van der Waals surface area contributed by atoms with Gasteiger partial charge in [-0.25, -0.2) is 0 Å². The van der Waals surface area contributed by atoms with E-state index in [1.807, 2.05) is 4.90 Å². The fourth-order valence-electron chi connectivity index (χ4n) is 2.33. The van der Waals surface area contributed by atoms with Crippen LogP contribution in [-0.4, -0.2) is 29.3 Å². The summed E-state index contributed by atoms with van der Waals surface area (Å²) in [7, 11) is 0. The van der Waals surface area contributed by atoms with E-state index in [0.717, 1.165) is 5.56 Å². The van der Waals surface area contributed by atoms with Crippen LogP contribution in [0.15, 0.2) is 24.3 Å². The third kappa shape index (κ3) is 3.38. The Morgan fingerprint density at radius 3 is 2.50 bits per heavy atom. The molecule has 2 nitrogen and oxygen atoms in total. The fraction of sp³-hybridized carbons (Fsp3) is 0.538. The van der Waals surface area contributed by atoms with Gasteiger partial charge in [0.2, 0.25) is 0 Å². The lowest BCUT2D eigenvalue weighted by Gasteiger charge is -2.33. The smallest absolute Gasteiger partial charge is 0.393 e. The summed E-state index contributed by atoms with van der Waals surface area (Å²) in [5, 5.41) is 9.15. The van der Waals surface area contributed by atoms with Crippen molar-refractivity contribution in [2.75, 3.05) is 13.1 Å². The quantitative estimate of drug-likeness (QED) is 0.881. The lowest BCUT2D eigenvalue weighted by molar-refractivity contribution is -0.187. The highest BCUT2D eigenvalue weighted by molar-refractivity contribution is 5.25. The van der Waals surface area contributed by atoms with Gasteiger partial charge in [-0.3, -0.25) is 4.90 Å². The van der Waals surface area contributed by atoms with Gasteiger partial charge in [0, 0.05) is 13.1 Å². The number of aromatic hydroxyl groups is 1. The van der Waals surface area contributed by atoms with Crippen LogP contribution in [-0.2, 0) is 6.54 Å². The maximum atomic E-state index is 12.6. The molecule has 1 aliphatic rings. The van der Waals surface area contributed by atoms with E-state index in [1.165, 1.54) is 0 Å². The minimum absolute atomic E-state index is 0.0738. The molecule has 1 heterocycles. The van der Waals surface area contributed by atoms with Gasteiger partial charge in [0.25, 0.3) is 0 Å². The molecule has 0 amide bonds. The molecule has 0 radical (unpaired) electrons. The van der Waals surface area contributed by atoms with Crippen molar-refractivity contribution in [3.63, 3.8) is 0 Å². The number of phenols is 1. The average molecular weight is 259 g/mol. The second-order valence-corrected chi connectivity index (χ2v) is 4.78. The Balaban J connectivity index is 1.95. The molecule has 18 heavy (non-hydrogen) atoms. The Kier molecular flexibility index (Phi) is 3.80. The molecule has 1 fully saturated rings. The predicted octanol–water partition coefficient (Wildman–Crippen LogP) is 3.17. The topological polar surface area (TPSA) is 23.5 Å². The standard InChI is InChI=1S/C13H16F3NO/c14-13(15,16)11-2-1-7-17(9-11)8-10-3-5-12(18)6-4-10/h3-6,11,18H,1-2,7-9H2. The highest BCUT2D eigenvalue weighted by Gasteiger charge is 2.41. The number of hydrogen-bond acceptors (Lipinski definition) is 2. The van der Waals surface area contributed by atoms with Crippen molar-refractivity contribution in [3.8, 4) is 5.75 Å². The molecule has 0 bridgehead atoms. The van der Waals surface area contributed by atoms with E-state index in [1.54, 1.807) is 24.3 Å². The van der Waals surface area contributed by atoms with E-state index in [-0.39, 0.29) is 18.7 Å². The van der Waals surface area contributed by atoms with Crippen LogP contribution in [0.4, 0.5) is 13.2 Å². The predicted molar refractivity (Wildman–Crippen MR) is 62.2 cm³/mol. The summed E-state index contributed by atoms with van der Waals surface area (Å²) in [6.07, 6.45) is -3.27. The first-order chi connectivity index (χ1) is 8.45. The van der Waals surface area contributed by atoms with Crippen LogP contribution in [0.1, 0.15) is 18.4 Å². The van der Waals surface area contributed by atoms with Crippen LogP contribution in [0, 0.1) is 5.92 Å². The molecule has 1 saturated heterocycles. The van der Waals surface area contributed by atoms with Gasteiger partial charge in [-0.2, -0.15) is 13.2 Å². The lowest BCUT2D eigenvalue weighted by Crippen LogP contribution is -2.41. The number of hydrogen-bond donors (Lipinski definition) is 1. The van der Waals surface area contributed by atoms with E-state index in [4.69, 9.17) is 5.11 Å². The number of nitrogens with zero attached hydrogens (tertiary/aromatic N) is 1. The highest BCUT2D eigenvalue weighted by atomic mass is 19.4. The molecule has 1 atom stereocenters. The van der Waals surface area contributed by atoms with Crippen LogP contribution in [0.2, 0.25) is 0 Å². The molecule has 0 aliphatic carbocycles. The SMILES string of the molecule is Oc1ccc(CN2CCCC(C(F)(F)F)C2)cc1. The van der Waals surface area contributed by atoms with Crippen LogP contribution in [0.3, 0.4) is 0 Å². The van der Waals surface area contributed by atoms with Crippen molar-refractivity contribution in [2.45, 2.75) is 25.6 Å². The van der Waals surface area contributed by atoms with E-state index in [0.29, 0.717) is 19.5 Å². The second-order valence-electron chi connectivity index (χ2n) is 4.78. The molecule has 1 aliphatic heterocycles. The molecule has 1 N–H and O–H groups in total. The number of piperidine rings is 1. The number of phenolic OH excluding ortho intramolecular Hbond substituents is 1. The Bertz CT molecular complexity index is 388. The molecule has 0 saturated carbocycles. The molecular weight excluding hydrogens is 243 g/mol. The summed E-state index contributed by atoms with van der Waals surface area (Å²) in [5.41, 5.74) is 0.927. The van der Waals surface area contributed by atoms with E-state index >= 15 is 0 Å². The number of alkyl halides is 3. The number of likely N-dealkylation sites (tertiary alicyclic amines) is 1. The van der Waals surface area contributed by atoms with E-state index < -0.39 is 12.1 Å². The summed E-state index contributed by atoms with van der Waals surface area (Å²) in [6.45, 7) is 1.28. The molecule has 5 heteroatoms. The third-order valence-corrected chi connectivity index (χ3v) is 3.31. The van der Waals surface area contributed by atoms with Gasteiger partial charge >= 0.3 is 6.18 Å². The summed E-state index contributed by atoms with van der Waals surface area (Å²) < 4.78 is 37.9. The van der Waals surface area contributed by atoms with Crippen LogP contribution in [0.25, 0.3) is 0 Å². The zero-order chi connectivity index (χ0) is 13.2. The Labute approximate surface area is 104 Å². The molecule has 100 valence electrons. The van der Waals surface area contributed by atoms with Crippen molar-refractivity contribution in [1.82, 2.24) is 4.90 Å². The van der Waals surface area contributed by atoms with Crippen molar-refractivity contribution in [2.24, 2.45) is 5.92 Å². The molecule has 1 aromatic rings. The highest BCUT2D eigenvalue weighted by Crippen LogP contribution is 2.33. The number of rotatable bonds is 2.